The number of ether oxygens (including phenoxy) is 1. The van der Waals surface area contributed by atoms with Crippen LogP contribution in [0.15, 0.2) is 36.9 Å². The van der Waals surface area contributed by atoms with Gasteiger partial charge in [-0.05, 0) is 43.9 Å². The molecule has 0 saturated carbocycles. The van der Waals surface area contributed by atoms with Crippen LogP contribution in [-0.2, 0) is 11.2 Å². The van der Waals surface area contributed by atoms with Gasteiger partial charge in [0.05, 0.1) is 6.61 Å². The van der Waals surface area contributed by atoms with Crippen molar-refractivity contribution >= 4 is 17.7 Å². The Morgan fingerprint density at radius 1 is 1.29 bits per heavy atom. The van der Waals surface area contributed by atoms with Crippen LogP contribution in [0.4, 0.5) is 16.4 Å². The van der Waals surface area contributed by atoms with Crippen LogP contribution in [0.1, 0.15) is 25.3 Å². The number of likely N-dealkylation sites (tertiary alicyclic amines) is 1. The van der Waals surface area contributed by atoms with E-state index in [-0.39, 0.29) is 12.1 Å². The topological polar surface area (TPSA) is 83.5 Å². The summed E-state index contributed by atoms with van der Waals surface area (Å²) in [5, 5.41) is 3.48. The molecular formula is C20H28N6O2. The van der Waals surface area contributed by atoms with Crippen LogP contribution in [0.25, 0.3) is 0 Å². The summed E-state index contributed by atoms with van der Waals surface area (Å²) in [6.07, 6.45) is 7.67. The SMILES string of the molecule is CCOC(=O)N1CCC(Nc2cc(N(C)CCc3ccncc3)ncn2)CC1. The number of amides is 1. The fraction of sp³-hybridized carbons (Fsp3) is 0.500. The van der Waals surface area contributed by atoms with Crippen molar-refractivity contribution in [2.24, 2.45) is 0 Å². The monoisotopic (exact) mass is 384 g/mol. The molecule has 1 amide bonds. The third kappa shape index (κ3) is 5.55. The lowest BCUT2D eigenvalue weighted by Crippen LogP contribution is -2.42. The number of piperidine rings is 1. The molecule has 0 bridgehead atoms. The van der Waals surface area contributed by atoms with Gasteiger partial charge in [-0.25, -0.2) is 14.8 Å². The minimum atomic E-state index is -0.221. The van der Waals surface area contributed by atoms with Crippen LogP contribution >= 0.6 is 0 Å². The first kappa shape index (κ1) is 19.9. The van der Waals surface area contributed by atoms with Gasteiger partial charge in [0.25, 0.3) is 0 Å². The zero-order valence-electron chi connectivity index (χ0n) is 16.5. The van der Waals surface area contributed by atoms with E-state index >= 15 is 0 Å². The predicted molar refractivity (Wildman–Crippen MR) is 108 cm³/mol. The summed E-state index contributed by atoms with van der Waals surface area (Å²) in [5.41, 5.74) is 1.25. The normalized spacial score (nSPS) is 14.6. The number of rotatable bonds is 7. The van der Waals surface area contributed by atoms with E-state index in [9.17, 15) is 4.79 Å². The van der Waals surface area contributed by atoms with Gasteiger partial charge in [0.2, 0.25) is 0 Å². The maximum absolute atomic E-state index is 11.8. The van der Waals surface area contributed by atoms with E-state index in [0.29, 0.717) is 19.7 Å². The van der Waals surface area contributed by atoms with Gasteiger partial charge < -0.3 is 19.9 Å². The number of nitrogens with zero attached hydrogens (tertiary/aromatic N) is 5. The molecule has 0 aromatic carbocycles. The summed E-state index contributed by atoms with van der Waals surface area (Å²) in [6.45, 7) is 4.49. The number of likely N-dealkylation sites (N-methyl/N-ethyl adjacent to an activating group) is 1. The number of carbonyl (C=O) groups excluding carboxylic acids is 1. The molecule has 1 saturated heterocycles. The molecule has 28 heavy (non-hydrogen) atoms. The molecule has 2 aromatic rings. The second kappa shape index (κ2) is 9.87. The quantitative estimate of drug-likeness (QED) is 0.785. The number of hydrogen-bond donors (Lipinski definition) is 1. The van der Waals surface area contributed by atoms with Crippen molar-refractivity contribution in [1.82, 2.24) is 19.9 Å². The first-order valence-electron chi connectivity index (χ1n) is 9.76. The van der Waals surface area contributed by atoms with Crippen LogP contribution in [0.5, 0.6) is 0 Å². The molecular weight excluding hydrogens is 356 g/mol. The van der Waals surface area contributed by atoms with Crippen LogP contribution in [-0.4, -0.2) is 65.3 Å². The third-order valence-corrected chi connectivity index (χ3v) is 4.90. The van der Waals surface area contributed by atoms with Crippen LogP contribution in [0.2, 0.25) is 0 Å². The van der Waals surface area contributed by atoms with Crippen molar-refractivity contribution in [1.29, 1.82) is 0 Å². The molecule has 8 heteroatoms. The van der Waals surface area contributed by atoms with E-state index in [0.717, 1.165) is 37.4 Å². The Bertz CT molecular complexity index is 749. The number of pyridine rings is 1. The third-order valence-electron chi connectivity index (χ3n) is 4.90. The first-order chi connectivity index (χ1) is 13.7. The van der Waals surface area contributed by atoms with Gasteiger partial charge in [0.1, 0.15) is 18.0 Å². The van der Waals surface area contributed by atoms with Gasteiger partial charge in [-0.2, -0.15) is 0 Å². The minimum Gasteiger partial charge on any atom is -0.450 e. The van der Waals surface area contributed by atoms with Gasteiger partial charge in [0, 0.05) is 51.2 Å². The smallest absolute Gasteiger partial charge is 0.409 e. The Morgan fingerprint density at radius 3 is 2.75 bits per heavy atom. The summed E-state index contributed by atoms with van der Waals surface area (Å²) in [4.78, 5) is 28.5. The van der Waals surface area contributed by atoms with Gasteiger partial charge >= 0.3 is 6.09 Å². The highest BCUT2D eigenvalue weighted by Crippen LogP contribution is 2.18. The molecule has 8 nitrogen and oxygen atoms in total. The summed E-state index contributed by atoms with van der Waals surface area (Å²) in [7, 11) is 2.03. The standard InChI is InChI=1S/C20H28N6O2/c1-3-28-20(27)26-12-7-17(8-13-26)24-18-14-19(23-15-22-18)25(2)11-6-16-4-9-21-10-5-16/h4-5,9-10,14-15,17H,3,6-8,11-13H2,1-2H3,(H,22,23,24). The largest absolute Gasteiger partial charge is 0.450 e. The number of aromatic nitrogens is 3. The Morgan fingerprint density at radius 2 is 2.04 bits per heavy atom. The molecule has 150 valence electrons. The molecule has 2 aromatic heterocycles. The highest BCUT2D eigenvalue weighted by Gasteiger charge is 2.23. The van der Waals surface area contributed by atoms with E-state index in [1.807, 2.05) is 44.6 Å². The second-order valence-corrected chi connectivity index (χ2v) is 6.89. The zero-order chi connectivity index (χ0) is 19.8. The van der Waals surface area contributed by atoms with Crippen LogP contribution < -0.4 is 10.2 Å². The van der Waals surface area contributed by atoms with Gasteiger partial charge in [-0.3, -0.25) is 4.98 Å². The van der Waals surface area contributed by atoms with Crippen molar-refractivity contribution < 1.29 is 9.53 Å². The molecule has 3 rings (SSSR count). The van der Waals surface area contributed by atoms with Crippen molar-refractivity contribution in [2.75, 3.05) is 43.5 Å². The Labute approximate surface area is 166 Å². The molecule has 1 aliphatic rings. The Kier molecular flexibility index (Phi) is 7.00. The van der Waals surface area contributed by atoms with E-state index < -0.39 is 0 Å². The fourth-order valence-electron chi connectivity index (χ4n) is 3.23. The zero-order valence-corrected chi connectivity index (χ0v) is 16.5. The first-order valence-corrected chi connectivity index (χ1v) is 9.76. The molecule has 0 spiro atoms. The molecule has 0 radical (unpaired) electrons. The van der Waals surface area contributed by atoms with E-state index in [1.165, 1.54) is 5.56 Å². The molecule has 0 aliphatic carbocycles. The van der Waals surface area contributed by atoms with Crippen LogP contribution in [0, 0.1) is 0 Å². The van der Waals surface area contributed by atoms with E-state index in [4.69, 9.17) is 4.74 Å². The minimum absolute atomic E-state index is 0.221. The maximum Gasteiger partial charge on any atom is 0.409 e. The maximum atomic E-state index is 11.8. The highest BCUT2D eigenvalue weighted by molar-refractivity contribution is 5.67. The van der Waals surface area contributed by atoms with Gasteiger partial charge in [-0.1, -0.05) is 0 Å². The van der Waals surface area contributed by atoms with Crippen molar-refractivity contribution in [2.45, 2.75) is 32.2 Å². The lowest BCUT2D eigenvalue weighted by Gasteiger charge is -2.32. The fourth-order valence-corrected chi connectivity index (χ4v) is 3.23. The molecule has 1 N–H and O–H groups in total. The summed E-state index contributed by atoms with van der Waals surface area (Å²) in [6, 6.07) is 6.33. The van der Waals surface area contributed by atoms with Crippen molar-refractivity contribution in [3.63, 3.8) is 0 Å². The van der Waals surface area contributed by atoms with Crippen molar-refractivity contribution in [3.05, 3.63) is 42.5 Å². The summed E-state index contributed by atoms with van der Waals surface area (Å²) in [5.74, 6) is 1.70. The second-order valence-electron chi connectivity index (χ2n) is 6.89. The highest BCUT2D eigenvalue weighted by atomic mass is 16.6. The van der Waals surface area contributed by atoms with E-state index in [2.05, 4.69) is 25.2 Å². The average molecular weight is 384 g/mol. The Hall–Kier alpha value is -2.90. The number of anilines is 2. The lowest BCUT2D eigenvalue weighted by atomic mass is 10.1. The van der Waals surface area contributed by atoms with Crippen LogP contribution in [0.3, 0.4) is 0 Å². The predicted octanol–water partition coefficient (Wildman–Crippen LogP) is 2.58. The van der Waals surface area contributed by atoms with Crippen molar-refractivity contribution in [3.8, 4) is 0 Å². The molecule has 0 unspecified atom stereocenters. The molecule has 1 aliphatic heterocycles. The van der Waals surface area contributed by atoms with E-state index in [1.54, 1.807) is 11.2 Å². The lowest BCUT2D eigenvalue weighted by molar-refractivity contribution is 0.0983. The number of hydrogen-bond acceptors (Lipinski definition) is 7. The molecule has 1 fully saturated rings. The number of carbonyl (C=O) groups is 1. The molecule has 3 heterocycles. The summed E-state index contributed by atoms with van der Waals surface area (Å²) >= 11 is 0. The summed E-state index contributed by atoms with van der Waals surface area (Å²) < 4.78 is 5.07. The van der Waals surface area contributed by atoms with Gasteiger partial charge in [0.15, 0.2) is 0 Å². The average Bonchev–Trinajstić information content (AvgIpc) is 2.73. The Balaban J connectivity index is 1.50. The van der Waals surface area contributed by atoms with Gasteiger partial charge in [-0.15, -0.1) is 0 Å². The number of nitrogens with one attached hydrogen (secondary N) is 1. The molecule has 0 atom stereocenters.